The molecule has 1 aromatic carbocycles. The minimum atomic E-state index is -0.262. The lowest BCUT2D eigenvalue weighted by atomic mass is 10.1. The standard InChI is InChI=1S/C16H21NO3/c1-2-10-20-16(19)14-5-3-4-13(11-14)12-17-8-6-15(18)7-9-17/h3-5,11H,2,6-10,12H2,1H3. The van der Waals surface area contributed by atoms with Gasteiger partial charge in [0.2, 0.25) is 0 Å². The summed E-state index contributed by atoms with van der Waals surface area (Å²) in [6, 6.07) is 7.55. The molecule has 0 unspecified atom stereocenters. The summed E-state index contributed by atoms with van der Waals surface area (Å²) in [4.78, 5) is 25.3. The maximum absolute atomic E-state index is 11.8. The normalized spacial score (nSPS) is 16.1. The SMILES string of the molecule is CCCOC(=O)c1cccc(CN2CCC(=O)CC2)c1. The number of hydrogen-bond donors (Lipinski definition) is 0. The third-order valence-corrected chi connectivity index (χ3v) is 3.42. The summed E-state index contributed by atoms with van der Waals surface area (Å²) < 4.78 is 5.14. The van der Waals surface area contributed by atoms with Crippen LogP contribution in [0.15, 0.2) is 24.3 Å². The predicted octanol–water partition coefficient (Wildman–Crippen LogP) is 2.42. The third-order valence-electron chi connectivity index (χ3n) is 3.42. The molecule has 4 heteroatoms. The molecule has 2 rings (SSSR count). The van der Waals surface area contributed by atoms with Gasteiger partial charge in [-0.2, -0.15) is 0 Å². The molecular formula is C16H21NO3. The van der Waals surface area contributed by atoms with Gasteiger partial charge >= 0.3 is 5.97 Å². The van der Waals surface area contributed by atoms with E-state index in [0.717, 1.165) is 31.6 Å². The smallest absolute Gasteiger partial charge is 0.338 e. The number of carbonyl (C=O) groups excluding carboxylic acids is 2. The van der Waals surface area contributed by atoms with E-state index in [1.165, 1.54) is 0 Å². The Morgan fingerprint density at radius 3 is 2.75 bits per heavy atom. The number of ether oxygens (including phenoxy) is 1. The van der Waals surface area contributed by atoms with Crippen molar-refractivity contribution in [2.24, 2.45) is 0 Å². The second-order valence-corrected chi connectivity index (χ2v) is 5.15. The first-order valence-electron chi connectivity index (χ1n) is 7.19. The second kappa shape index (κ2) is 7.20. The number of rotatable bonds is 5. The van der Waals surface area contributed by atoms with Crippen molar-refractivity contribution in [3.8, 4) is 0 Å². The average molecular weight is 275 g/mol. The molecule has 0 aliphatic carbocycles. The van der Waals surface area contributed by atoms with E-state index < -0.39 is 0 Å². The quantitative estimate of drug-likeness (QED) is 0.774. The Bertz CT molecular complexity index is 474. The molecular weight excluding hydrogens is 254 g/mol. The van der Waals surface area contributed by atoms with Gasteiger partial charge in [-0.25, -0.2) is 4.79 Å². The van der Waals surface area contributed by atoms with Crippen LogP contribution in [0.5, 0.6) is 0 Å². The number of esters is 1. The number of piperidine rings is 1. The lowest BCUT2D eigenvalue weighted by Gasteiger charge is -2.25. The number of likely N-dealkylation sites (tertiary alicyclic amines) is 1. The van der Waals surface area contributed by atoms with Gasteiger partial charge in [0.05, 0.1) is 12.2 Å². The van der Waals surface area contributed by atoms with Crippen LogP contribution in [0.3, 0.4) is 0 Å². The Morgan fingerprint density at radius 1 is 1.30 bits per heavy atom. The van der Waals surface area contributed by atoms with Crippen LogP contribution in [0, 0.1) is 0 Å². The van der Waals surface area contributed by atoms with Gasteiger partial charge < -0.3 is 4.74 Å². The molecule has 0 amide bonds. The highest BCUT2D eigenvalue weighted by molar-refractivity contribution is 5.89. The topological polar surface area (TPSA) is 46.6 Å². The lowest BCUT2D eigenvalue weighted by molar-refractivity contribution is -0.121. The molecule has 0 N–H and O–H groups in total. The summed E-state index contributed by atoms with van der Waals surface area (Å²) in [5.41, 5.74) is 1.69. The fraction of sp³-hybridized carbons (Fsp3) is 0.500. The Kier molecular flexibility index (Phi) is 5.30. The first-order chi connectivity index (χ1) is 9.69. The first-order valence-corrected chi connectivity index (χ1v) is 7.19. The summed E-state index contributed by atoms with van der Waals surface area (Å²) >= 11 is 0. The lowest BCUT2D eigenvalue weighted by Crippen LogP contribution is -2.33. The van der Waals surface area contributed by atoms with Crippen molar-refractivity contribution >= 4 is 11.8 Å². The summed E-state index contributed by atoms with van der Waals surface area (Å²) in [5, 5.41) is 0. The Hall–Kier alpha value is -1.68. The first kappa shape index (κ1) is 14.7. The number of Topliss-reactive ketones (excluding diaryl/α,β-unsaturated/α-hetero) is 1. The van der Waals surface area contributed by atoms with Crippen molar-refractivity contribution in [2.45, 2.75) is 32.7 Å². The molecule has 20 heavy (non-hydrogen) atoms. The number of benzene rings is 1. The number of hydrogen-bond acceptors (Lipinski definition) is 4. The molecule has 1 aromatic rings. The van der Waals surface area contributed by atoms with E-state index in [2.05, 4.69) is 4.90 Å². The number of nitrogens with zero attached hydrogens (tertiary/aromatic N) is 1. The van der Waals surface area contributed by atoms with E-state index in [1.807, 2.05) is 25.1 Å². The predicted molar refractivity (Wildman–Crippen MR) is 76.5 cm³/mol. The van der Waals surface area contributed by atoms with Gasteiger partial charge in [-0.05, 0) is 24.1 Å². The molecule has 1 aliphatic rings. The van der Waals surface area contributed by atoms with Gasteiger partial charge in [0.25, 0.3) is 0 Å². The molecule has 1 heterocycles. The van der Waals surface area contributed by atoms with Crippen LogP contribution in [0.1, 0.15) is 42.1 Å². The number of ketones is 1. The average Bonchev–Trinajstić information content (AvgIpc) is 2.47. The fourth-order valence-corrected chi connectivity index (χ4v) is 2.29. The van der Waals surface area contributed by atoms with Crippen molar-refractivity contribution in [1.82, 2.24) is 4.90 Å². The summed E-state index contributed by atoms with van der Waals surface area (Å²) in [5.74, 6) is 0.0840. The minimum absolute atomic E-state index is 0.262. The minimum Gasteiger partial charge on any atom is -0.462 e. The van der Waals surface area contributed by atoms with Crippen LogP contribution < -0.4 is 0 Å². The Morgan fingerprint density at radius 2 is 2.05 bits per heavy atom. The monoisotopic (exact) mass is 275 g/mol. The molecule has 1 aliphatic heterocycles. The molecule has 0 aromatic heterocycles. The van der Waals surface area contributed by atoms with Gasteiger partial charge in [0.15, 0.2) is 0 Å². The highest BCUT2D eigenvalue weighted by atomic mass is 16.5. The van der Waals surface area contributed by atoms with Crippen molar-refractivity contribution in [3.63, 3.8) is 0 Å². The van der Waals surface area contributed by atoms with Crippen LogP contribution in [-0.4, -0.2) is 36.3 Å². The summed E-state index contributed by atoms with van der Waals surface area (Å²) in [7, 11) is 0. The van der Waals surface area contributed by atoms with E-state index in [0.29, 0.717) is 30.8 Å². The summed E-state index contributed by atoms with van der Waals surface area (Å²) in [6.45, 7) is 4.83. The fourth-order valence-electron chi connectivity index (χ4n) is 2.29. The largest absolute Gasteiger partial charge is 0.462 e. The molecule has 0 saturated carbocycles. The van der Waals surface area contributed by atoms with E-state index in [4.69, 9.17) is 4.74 Å². The maximum Gasteiger partial charge on any atom is 0.338 e. The zero-order chi connectivity index (χ0) is 14.4. The molecule has 1 saturated heterocycles. The van der Waals surface area contributed by atoms with E-state index in [9.17, 15) is 9.59 Å². The summed E-state index contributed by atoms with van der Waals surface area (Å²) in [6.07, 6.45) is 2.10. The highest BCUT2D eigenvalue weighted by Crippen LogP contribution is 2.13. The van der Waals surface area contributed by atoms with E-state index in [1.54, 1.807) is 6.07 Å². The van der Waals surface area contributed by atoms with Crippen LogP contribution in [-0.2, 0) is 16.1 Å². The molecule has 0 spiro atoms. The molecule has 4 nitrogen and oxygen atoms in total. The molecule has 0 radical (unpaired) electrons. The molecule has 108 valence electrons. The molecule has 0 bridgehead atoms. The Balaban J connectivity index is 1.95. The molecule has 0 atom stereocenters. The van der Waals surface area contributed by atoms with Crippen LogP contribution in [0.4, 0.5) is 0 Å². The van der Waals surface area contributed by atoms with Gasteiger partial charge in [-0.1, -0.05) is 19.1 Å². The van der Waals surface area contributed by atoms with Gasteiger partial charge in [-0.15, -0.1) is 0 Å². The third kappa shape index (κ3) is 4.17. The number of carbonyl (C=O) groups is 2. The van der Waals surface area contributed by atoms with Crippen LogP contribution in [0.2, 0.25) is 0 Å². The zero-order valence-electron chi connectivity index (χ0n) is 11.9. The van der Waals surface area contributed by atoms with Gasteiger partial charge in [-0.3, -0.25) is 9.69 Å². The second-order valence-electron chi connectivity index (χ2n) is 5.15. The van der Waals surface area contributed by atoms with Crippen molar-refractivity contribution < 1.29 is 14.3 Å². The van der Waals surface area contributed by atoms with E-state index in [-0.39, 0.29) is 5.97 Å². The van der Waals surface area contributed by atoms with Crippen LogP contribution in [0.25, 0.3) is 0 Å². The van der Waals surface area contributed by atoms with E-state index >= 15 is 0 Å². The van der Waals surface area contributed by atoms with Crippen molar-refractivity contribution in [3.05, 3.63) is 35.4 Å². The van der Waals surface area contributed by atoms with Crippen LogP contribution >= 0.6 is 0 Å². The Labute approximate surface area is 119 Å². The zero-order valence-corrected chi connectivity index (χ0v) is 11.9. The maximum atomic E-state index is 11.8. The van der Waals surface area contributed by atoms with Crippen molar-refractivity contribution in [1.29, 1.82) is 0 Å². The van der Waals surface area contributed by atoms with Crippen molar-refractivity contribution in [2.75, 3.05) is 19.7 Å². The van der Waals surface area contributed by atoms with Gasteiger partial charge in [0, 0.05) is 32.5 Å². The highest BCUT2D eigenvalue weighted by Gasteiger charge is 2.16. The molecule has 1 fully saturated rings. The van der Waals surface area contributed by atoms with Gasteiger partial charge in [0.1, 0.15) is 5.78 Å².